The van der Waals surface area contributed by atoms with Gasteiger partial charge in [0.2, 0.25) is 0 Å². The van der Waals surface area contributed by atoms with Gasteiger partial charge in [-0.15, -0.1) is 0 Å². The average Bonchev–Trinajstić information content (AvgIpc) is 2.91. The highest BCUT2D eigenvalue weighted by atomic mass is 35.5. The number of hydrogen-bond donors (Lipinski definition) is 1. The Hall–Kier alpha value is -2.40. The van der Waals surface area contributed by atoms with Gasteiger partial charge in [-0.1, -0.05) is 23.7 Å². The zero-order valence-electron chi connectivity index (χ0n) is 13.2. The number of carbonyl (C=O) groups is 1. The van der Waals surface area contributed by atoms with E-state index in [-0.39, 0.29) is 11.9 Å². The van der Waals surface area contributed by atoms with Crippen molar-refractivity contribution in [3.8, 4) is 0 Å². The Morgan fingerprint density at radius 3 is 2.65 bits per heavy atom. The van der Waals surface area contributed by atoms with E-state index in [4.69, 9.17) is 11.6 Å². The topological polar surface area (TPSA) is 59.3 Å². The molecule has 0 saturated carbocycles. The molecule has 0 saturated heterocycles. The van der Waals surface area contributed by atoms with Crippen molar-refractivity contribution in [1.29, 1.82) is 0 Å². The van der Waals surface area contributed by atoms with Crippen LogP contribution in [0.5, 0.6) is 0 Å². The number of aryl methyl sites for hydroxylation is 2. The summed E-state index contributed by atoms with van der Waals surface area (Å²) in [5, 5.41) is 7.89. The lowest BCUT2D eigenvalue weighted by atomic mass is 10.1. The molecule has 1 aromatic carbocycles. The number of hydrogen-bond acceptors (Lipinski definition) is 3. The van der Waals surface area contributed by atoms with Crippen molar-refractivity contribution in [1.82, 2.24) is 19.9 Å². The summed E-state index contributed by atoms with van der Waals surface area (Å²) in [6.45, 7) is 5.77. The van der Waals surface area contributed by atoms with E-state index in [9.17, 15) is 4.79 Å². The number of nitrogens with zero attached hydrogens (tertiary/aromatic N) is 3. The van der Waals surface area contributed by atoms with E-state index >= 15 is 0 Å². The maximum absolute atomic E-state index is 12.6. The maximum atomic E-state index is 12.6. The second kappa shape index (κ2) is 6.01. The molecule has 0 aliphatic heterocycles. The van der Waals surface area contributed by atoms with Crippen LogP contribution in [0.3, 0.4) is 0 Å². The van der Waals surface area contributed by atoms with Crippen LogP contribution in [0.1, 0.15) is 40.3 Å². The maximum Gasteiger partial charge on any atom is 0.257 e. The lowest BCUT2D eigenvalue weighted by Crippen LogP contribution is -2.26. The first-order valence-electron chi connectivity index (χ1n) is 7.34. The minimum absolute atomic E-state index is 0.138. The molecule has 2 heterocycles. The predicted molar refractivity (Wildman–Crippen MR) is 89.8 cm³/mol. The first kappa shape index (κ1) is 15.5. The van der Waals surface area contributed by atoms with E-state index < -0.39 is 0 Å². The SMILES string of the molecule is Cc1cc(C)n2ncc(C(=O)NC(C)c3ccc(Cl)cc3)c2n1. The highest BCUT2D eigenvalue weighted by Crippen LogP contribution is 2.18. The van der Waals surface area contributed by atoms with Crippen molar-refractivity contribution in [3.05, 3.63) is 64.1 Å². The summed E-state index contributed by atoms with van der Waals surface area (Å²) in [6.07, 6.45) is 1.55. The van der Waals surface area contributed by atoms with Crippen molar-refractivity contribution in [2.24, 2.45) is 0 Å². The van der Waals surface area contributed by atoms with Gasteiger partial charge in [0, 0.05) is 16.4 Å². The summed E-state index contributed by atoms with van der Waals surface area (Å²) in [5.74, 6) is -0.194. The number of aromatic nitrogens is 3. The van der Waals surface area contributed by atoms with Gasteiger partial charge in [0.25, 0.3) is 5.91 Å². The molecule has 1 N–H and O–H groups in total. The molecule has 0 spiro atoms. The van der Waals surface area contributed by atoms with Crippen molar-refractivity contribution in [2.45, 2.75) is 26.8 Å². The summed E-state index contributed by atoms with van der Waals surface area (Å²) in [5.41, 5.74) is 3.83. The zero-order valence-corrected chi connectivity index (χ0v) is 13.9. The molecule has 0 radical (unpaired) electrons. The Labute approximate surface area is 139 Å². The average molecular weight is 329 g/mol. The van der Waals surface area contributed by atoms with Crippen LogP contribution < -0.4 is 5.32 Å². The summed E-state index contributed by atoms with van der Waals surface area (Å²) < 4.78 is 1.68. The molecule has 5 nitrogen and oxygen atoms in total. The standard InChI is InChI=1S/C17H17ClN4O/c1-10-8-11(2)22-16(20-10)15(9-19-22)17(23)21-12(3)13-4-6-14(18)7-5-13/h4-9,12H,1-3H3,(H,21,23). The summed E-state index contributed by atoms with van der Waals surface area (Å²) in [4.78, 5) is 17.0. The minimum atomic E-state index is -0.194. The fourth-order valence-electron chi connectivity index (χ4n) is 2.54. The van der Waals surface area contributed by atoms with Crippen LogP contribution in [0, 0.1) is 13.8 Å². The zero-order chi connectivity index (χ0) is 16.6. The Bertz CT molecular complexity index is 870. The number of rotatable bonds is 3. The lowest BCUT2D eigenvalue weighted by molar-refractivity contribution is 0.0941. The van der Waals surface area contributed by atoms with Gasteiger partial charge < -0.3 is 5.32 Å². The van der Waals surface area contributed by atoms with Crippen LogP contribution in [-0.2, 0) is 0 Å². The second-order valence-corrected chi connectivity index (χ2v) is 6.02. The van der Waals surface area contributed by atoms with Crippen molar-refractivity contribution >= 4 is 23.2 Å². The summed E-state index contributed by atoms with van der Waals surface area (Å²) >= 11 is 5.89. The normalized spacial score (nSPS) is 12.3. The highest BCUT2D eigenvalue weighted by Gasteiger charge is 2.17. The van der Waals surface area contributed by atoms with E-state index in [1.807, 2.05) is 51.1 Å². The quantitative estimate of drug-likeness (QED) is 0.800. The van der Waals surface area contributed by atoms with Gasteiger partial charge in [-0.2, -0.15) is 5.10 Å². The van der Waals surface area contributed by atoms with Crippen molar-refractivity contribution < 1.29 is 4.79 Å². The third kappa shape index (κ3) is 3.05. The fourth-order valence-corrected chi connectivity index (χ4v) is 2.67. The number of fused-ring (bicyclic) bond motifs is 1. The van der Waals surface area contributed by atoms with Crippen LogP contribution in [0.25, 0.3) is 5.65 Å². The Kier molecular flexibility index (Phi) is 4.05. The molecule has 118 valence electrons. The first-order valence-corrected chi connectivity index (χ1v) is 7.72. The van der Waals surface area contributed by atoms with Gasteiger partial charge in [0.1, 0.15) is 5.56 Å². The molecule has 1 atom stereocenters. The molecular weight excluding hydrogens is 312 g/mol. The van der Waals surface area contributed by atoms with Gasteiger partial charge in [0.15, 0.2) is 5.65 Å². The van der Waals surface area contributed by atoms with Gasteiger partial charge >= 0.3 is 0 Å². The van der Waals surface area contributed by atoms with E-state index in [1.54, 1.807) is 10.7 Å². The Morgan fingerprint density at radius 2 is 1.96 bits per heavy atom. The van der Waals surface area contributed by atoms with Crippen LogP contribution in [0.2, 0.25) is 5.02 Å². The van der Waals surface area contributed by atoms with Gasteiger partial charge in [0.05, 0.1) is 12.2 Å². The molecule has 1 amide bonds. The fraction of sp³-hybridized carbons (Fsp3) is 0.235. The lowest BCUT2D eigenvalue weighted by Gasteiger charge is -2.14. The van der Waals surface area contributed by atoms with E-state index in [0.717, 1.165) is 17.0 Å². The van der Waals surface area contributed by atoms with Crippen LogP contribution >= 0.6 is 11.6 Å². The molecule has 2 aromatic heterocycles. The van der Waals surface area contributed by atoms with Crippen LogP contribution in [0.4, 0.5) is 0 Å². The van der Waals surface area contributed by atoms with Gasteiger partial charge in [-0.05, 0) is 44.5 Å². The molecule has 0 aliphatic carbocycles. The van der Waals surface area contributed by atoms with Gasteiger partial charge in [-0.25, -0.2) is 9.50 Å². The number of halogens is 1. The third-order valence-corrected chi connectivity index (χ3v) is 3.99. The summed E-state index contributed by atoms with van der Waals surface area (Å²) in [7, 11) is 0. The highest BCUT2D eigenvalue weighted by molar-refractivity contribution is 6.30. The van der Waals surface area contributed by atoms with Crippen molar-refractivity contribution in [2.75, 3.05) is 0 Å². The Morgan fingerprint density at radius 1 is 1.26 bits per heavy atom. The number of benzene rings is 1. The molecule has 0 fully saturated rings. The van der Waals surface area contributed by atoms with E-state index in [2.05, 4.69) is 15.4 Å². The van der Waals surface area contributed by atoms with Crippen molar-refractivity contribution in [3.63, 3.8) is 0 Å². The first-order chi connectivity index (χ1) is 11.0. The molecule has 3 aromatic rings. The predicted octanol–water partition coefficient (Wildman–Crippen LogP) is 3.49. The molecule has 0 bridgehead atoms. The number of nitrogens with one attached hydrogen (secondary N) is 1. The van der Waals surface area contributed by atoms with Crippen LogP contribution in [0.15, 0.2) is 36.5 Å². The monoisotopic (exact) mass is 328 g/mol. The largest absolute Gasteiger partial charge is 0.345 e. The number of carbonyl (C=O) groups excluding carboxylic acids is 1. The Balaban J connectivity index is 1.87. The summed E-state index contributed by atoms with van der Waals surface area (Å²) in [6, 6.07) is 9.21. The number of amides is 1. The molecule has 0 aliphatic rings. The van der Waals surface area contributed by atoms with Crippen LogP contribution in [-0.4, -0.2) is 20.5 Å². The molecule has 3 rings (SSSR count). The molecule has 6 heteroatoms. The third-order valence-electron chi connectivity index (χ3n) is 3.74. The second-order valence-electron chi connectivity index (χ2n) is 5.58. The molecule has 1 unspecified atom stereocenters. The van der Waals surface area contributed by atoms with Gasteiger partial charge in [-0.3, -0.25) is 4.79 Å². The minimum Gasteiger partial charge on any atom is -0.345 e. The van der Waals surface area contributed by atoms with E-state index in [1.165, 1.54) is 0 Å². The molecule has 23 heavy (non-hydrogen) atoms. The smallest absolute Gasteiger partial charge is 0.257 e. The molecular formula is C17H17ClN4O. The van der Waals surface area contributed by atoms with E-state index in [0.29, 0.717) is 16.2 Å².